The Kier molecular flexibility index (Phi) is 7.45. The molecule has 0 N–H and O–H groups in total. The number of ether oxygens (including phenoxy) is 3. The van der Waals surface area contributed by atoms with Crippen molar-refractivity contribution in [1.29, 1.82) is 0 Å². The van der Waals surface area contributed by atoms with Gasteiger partial charge in [-0.15, -0.1) is 5.10 Å². The zero-order chi connectivity index (χ0) is 24.8. The number of benzene rings is 2. The number of hydrogen-bond acceptors (Lipinski definition) is 7. The van der Waals surface area contributed by atoms with E-state index >= 15 is 0 Å². The Morgan fingerprint density at radius 1 is 1.03 bits per heavy atom. The van der Waals surface area contributed by atoms with Crippen LogP contribution in [0.3, 0.4) is 0 Å². The fourth-order valence-corrected chi connectivity index (χ4v) is 4.04. The van der Waals surface area contributed by atoms with Gasteiger partial charge in [0.15, 0.2) is 0 Å². The highest BCUT2D eigenvalue weighted by atomic mass is 16.6. The van der Waals surface area contributed by atoms with Gasteiger partial charge >= 0.3 is 18.0 Å². The molecule has 0 spiro atoms. The molecule has 0 unspecified atom stereocenters. The van der Waals surface area contributed by atoms with Crippen LogP contribution in [0.25, 0.3) is 0 Å². The molecule has 0 radical (unpaired) electrons. The molecule has 2 heterocycles. The number of carbonyl (C=O) groups is 3. The lowest BCUT2D eigenvalue weighted by atomic mass is 10.1. The maximum absolute atomic E-state index is 13.4. The van der Waals surface area contributed by atoms with Gasteiger partial charge in [-0.2, -0.15) is 0 Å². The van der Waals surface area contributed by atoms with Crippen LogP contribution in [0, 0.1) is 0 Å². The first-order chi connectivity index (χ1) is 16.9. The van der Waals surface area contributed by atoms with Crippen molar-refractivity contribution in [2.45, 2.75) is 51.5 Å². The molecule has 2 atom stereocenters. The Hall–Kier alpha value is -3.72. The molecule has 2 aromatic rings. The first-order valence-electron chi connectivity index (χ1n) is 11.7. The summed E-state index contributed by atoms with van der Waals surface area (Å²) in [4.78, 5) is 40.8. The van der Waals surface area contributed by atoms with Crippen LogP contribution in [-0.2, 0) is 37.0 Å². The first-order valence-corrected chi connectivity index (χ1v) is 11.7. The Labute approximate surface area is 204 Å². The number of esters is 2. The minimum absolute atomic E-state index is 0.00586. The summed E-state index contributed by atoms with van der Waals surface area (Å²) in [6.45, 7) is 3.82. The fourth-order valence-electron chi connectivity index (χ4n) is 4.04. The van der Waals surface area contributed by atoms with Gasteiger partial charge in [0.05, 0.1) is 19.8 Å². The normalized spacial score (nSPS) is 19.0. The van der Waals surface area contributed by atoms with Gasteiger partial charge in [0.25, 0.3) is 5.60 Å². The van der Waals surface area contributed by atoms with Crippen molar-refractivity contribution in [3.63, 3.8) is 0 Å². The van der Waals surface area contributed by atoms with E-state index in [0.29, 0.717) is 13.0 Å². The summed E-state index contributed by atoms with van der Waals surface area (Å²) < 4.78 is 16.6. The van der Waals surface area contributed by atoms with E-state index in [4.69, 9.17) is 14.2 Å². The third-order valence-electron chi connectivity index (χ3n) is 6.02. The van der Waals surface area contributed by atoms with Crippen LogP contribution in [0.15, 0.2) is 65.8 Å². The summed E-state index contributed by atoms with van der Waals surface area (Å²) in [5.41, 5.74) is -0.341. The number of hydrogen-bond donors (Lipinski definition) is 0. The molecule has 9 heteroatoms. The predicted molar refractivity (Wildman–Crippen MR) is 127 cm³/mol. The molecule has 4 rings (SSSR count). The van der Waals surface area contributed by atoms with E-state index in [1.165, 1.54) is 11.9 Å². The molecule has 2 aliphatic rings. The molecule has 2 aromatic carbocycles. The smallest absolute Gasteiger partial charge is 0.356 e. The number of carbonyl (C=O) groups excluding carboxylic acids is 3. The van der Waals surface area contributed by atoms with E-state index in [0.717, 1.165) is 17.5 Å². The van der Waals surface area contributed by atoms with Gasteiger partial charge in [-0.05, 0) is 37.8 Å². The van der Waals surface area contributed by atoms with E-state index < -0.39 is 23.6 Å². The molecule has 35 heavy (non-hydrogen) atoms. The molecule has 1 fully saturated rings. The van der Waals surface area contributed by atoms with Crippen molar-refractivity contribution in [2.24, 2.45) is 5.10 Å². The average molecular weight is 480 g/mol. The minimum atomic E-state index is -2.01. The van der Waals surface area contributed by atoms with E-state index in [-0.39, 0.29) is 31.7 Å². The molecule has 0 aliphatic carbocycles. The molecule has 2 aliphatic heterocycles. The molecule has 9 nitrogen and oxygen atoms in total. The highest BCUT2D eigenvalue weighted by molar-refractivity contribution is 6.08. The minimum Gasteiger partial charge on any atom is -0.463 e. The Morgan fingerprint density at radius 3 is 2.34 bits per heavy atom. The standard InChI is InChI=1S/C26H29N3O6/c1-3-33-23(30)26(2,34-18-20-13-8-5-9-14-20)24(31)35-22-21-15-10-16-28(21)25(32)29(27-22)17-19-11-6-4-7-12-19/h4-9,11-14,21H,3,10,15-18H2,1-2H3/t21-,26-/m0/s1. The topological polar surface area (TPSA) is 97.7 Å². The maximum Gasteiger partial charge on any atom is 0.356 e. The van der Waals surface area contributed by atoms with Gasteiger partial charge in [0, 0.05) is 6.54 Å². The molecule has 0 aromatic heterocycles. The molecule has 2 amide bonds. The maximum atomic E-state index is 13.4. The first kappa shape index (κ1) is 24.4. The van der Waals surface area contributed by atoms with Crippen molar-refractivity contribution in [2.75, 3.05) is 13.2 Å². The lowest BCUT2D eigenvalue weighted by molar-refractivity contribution is -0.185. The largest absolute Gasteiger partial charge is 0.463 e. The summed E-state index contributed by atoms with van der Waals surface area (Å²) in [5, 5.41) is 5.67. The van der Waals surface area contributed by atoms with Gasteiger partial charge in [-0.25, -0.2) is 19.4 Å². The number of hydrazone groups is 1. The second-order valence-corrected chi connectivity index (χ2v) is 8.53. The van der Waals surface area contributed by atoms with Gasteiger partial charge < -0.3 is 19.1 Å². The summed E-state index contributed by atoms with van der Waals surface area (Å²) >= 11 is 0. The van der Waals surface area contributed by atoms with Gasteiger partial charge in [0.1, 0.15) is 6.04 Å². The Bertz CT molecular complexity index is 1090. The predicted octanol–water partition coefficient (Wildman–Crippen LogP) is 3.48. The van der Waals surface area contributed by atoms with Crippen molar-refractivity contribution in [3.8, 4) is 0 Å². The second kappa shape index (κ2) is 10.7. The zero-order valence-corrected chi connectivity index (χ0v) is 19.9. The van der Waals surface area contributed by atoms with Crippen LogP contribution in [-0.4, -0.2) is 58.6 Å². The molecular formula is C26H29N3O6. The number of fused-ring (bicyclic) bond motifs is 1. The van der Waals surface area contributed by atoms with Gasteiger partial charge in [-0.3, -0.25) is 0 Å². The second-order valence-electron chi connectivity index (χ2n) is 8.53. The Balaban J connectivity index is 1.57. The van der Waals surface area contributed by atoms with Gasteiger partial charge in [-0.1, -0.05) is 60.7 Å². The number of rotatable bonds is 8. The highest BCUT2D eigenvalue weighted by Gasteiger charge is 2.49. The number of amides is 2. The molecule has 0 bridgehead atoms. The zero-order valence-electron chi connectivity index (χ0n) is 19.9. The van der Waals surface area contributed by atoms with E-state index in [1.54, 1.807) is 11.8 Å². The third kappa shape index (κ3) is 5.35. The van der Waals surface area contributed by atoms with E-state index in [9.17, 15) is 14.4 Å². The van der Waals surface area contributed by atoms with Crippen LogP contribution in [0.4, 0.5) is 4.79 Å². The molecule has 0 saturated carbocycles. The van der Waals surface area contributed by atoms with Crippen molar-refractivity contribution < 1.29 is 28.6 Å². The quantitative estimate of drug-likeness (QED) is 0.425. The lowest BCUT2D eigenvalue weighted by Gasteiger charge is -2.35. The summed E-state index contributed by atoms with van der Waals surface area (Å²) in [6, 6.07) is 17.9. The number of nitrogens with zero attached hydrogens (tertiary/aromatic N) is 3. The lowest BCUT2D eigenvalue weighted by Crippen LogP contribution is -2.55. The fraction of sp³-hybridized carbons (Fsp3) is 0.385. The van der Waals surface area contributed by atoms with Crippen molar-refractivity contribution >= 4 is 23.9 Å². The van der Waals surface area contributed by atoms with Gasteiger partial charge in [0.2, 0.25) is 5.90 Å². The van der Waals surface area contributed by atoms with Crippen LogP contribution >= 0.6 is 0 Å². The van der Waals surface area contributed by atoms with Crippen LogP contribution in [0.2, 0.25) is 0 Å². The summed E-state index contributed by atoms with van der Waals surface area (Å²) in [7, 11) is 0. The summed E-state index contributed by atoms with van der Waals surface area (Å²) in [5.74, 6) is -1.72. The molecular weight excluding hydrogens is 450 g/mol. The van der Waals surface area contributed by atoms with Crippen LogP contribution < -0.4 is 0 Å². The molecule has 184 valence electrons. The third-order valence-corrected chi connectivity index (χ3v) is 6.02. The summed E-state index contributed by atoms with van der Waals surface area (Å²) in [6.07, 6.45) is 1.36. The van der Waals surface area contributed by atoms with Crippen molar-refractivity contribution in [3.05, 3.63) is 71.8 Å². The molecule has 1 saturated heterocycles. The van der Waals surface area contributed by atoms with Crippen molar-refractivity contribution in [1.82, 2.24) is 9.91 Å². The average Bonchev–Trinajstić information content (AvgIpc) is 3.37. The van der Waals surface area contributed by atoms with E-state index in [2.05, 4.69) is 5.10 Å². The van der Waals surface area contributed by atoms with Crippen LogP contribution in [0.5, 0.6) is 0 Å². The van der Waals surface area contributed by atoms with E-state index in [1.807, 2.05) is 60.7 Å². The highest BCUT2D eigenvalue weighted by Crippen LogP contribution is 2.28. The number of urea groups is 1. The SMILES string of the molecule is CCOC(=O)[C@](C)(OCc1ccccc1)C(=O)OC1=NN(Cc2ccccc2)C(=O)N2CCC[C@@H]12. The van der Waals surface area contributed by atoms with Crippen LogP contribution in [0.1, 0.15) is 37.8 Å². The monoisotopic (exact) mass is 479 g/mol. The Morgan fingerprint density at radius 2 is 1.69 bits per heavy atom.